The van der Waals surface area contributed by atoms with Crippen LogP contribution in [0.15, 0.2) is 48.5 Å². The normalized spacial score (nSPS) is 13.3. The molecule has 8 nitrogen and oxygen atoms in total. The van der Waals surface area contributed by atoms with E-state index in [0.29, 0.717) is 18.8 Å². The van der Waals surface area contributed by atoms with Gasteiger partial charge in [-0.05, 0) is 55.2 Å². The van der Waals surface area contributed by atoms with E-state index in [0.717, 1.165) is 42.6 Å². The van der Waals surface area contributed by atoms with Crippen LogP contribution in [0.25, 0.3) is 0 Å². The lowest BCUT2D eigenvalue weighted by Crippen LogP contribution is -2.43. The SMILES string of the molecule is CCCCCCOC(=O)C(Cc1ccc(OP(C)(=O)OCC)cc1)NC(=O)CCc1ccc(OC)cc1. The van der Waals surface area contributed by atoms with E-state index in [2.05, 4.69) is 12.2 Å². The highest BCUT2D eigenvalue weighted by atomic mass is 31.2. The predicted octanol–water partition coefficient (Wildman–Crippen LogP) is 5.72. The van der Waals surface area contributed by atoms with E-state index in [4.69, 9.17) is 18.5 Å². The highest BCUT2D eigenvalue weighted by Gasteiger charge is 2.23. The van der Waals surface area contributed by atoms with E-state index < -0.39 is 19.6 Å². The van der Waals surface area contributed by atoms with Crippen molar-refractivity contribution in [1.82, 2.24) is 5.32 Å². The Balaban J connectivity index is 2.00. The zero-order chi connectivity index (χ0) is 27.1. The maximum atomic E-state index is 12.9. The number of unbranched alkanes of at least 4 members (excludes halogenated alkanes) is 3. The number of carbonyl (C=O) groups excluding carboxylic acids is 2. The molecule has 0 radical (unpaired) electrons. The quantitative estimate of drug-likeness (QED) is 0.158. The predicted molar refractivity (Wildman–Crippen MR) is 144 cm³/mol. The summed E-state index contributed by atoms with van der Waals surface area (Å²) in [6, 6.07) is 13.6. The van der Waals surface area contributed by atoms with Crippen molar-refractivity contribution in [1.29, 1.82) is 0 Å². The van der Waals surface area contributed by atoms with Gasteiger partial charge >= 0.3 is 13.6 Å². The van der Waals surface area contributed by atoms with E-state index >= 15 is 0 Å². The molecule has 0 saturated heterocycles. The third-order valence-electron chi connectivity index (χ3n) is 5.66. The van der Waals surface area contributed by atoms with Crippen LogP contribution in [0.2, 0.25) is 0 Å². The molecule has 2 aromatic rings. The van der Waals surface area contributed by atoms with E-state index in [1.807, 2.05) is 24.3 Å². The molecule has 2 rings (SSSR count). The lowest BCUT2D eigenvalue weighted by atomic mass is 10.0. The maximum absolute atomic E-state index is 12.9. The molecular weight excluding hydrogens is 493 g/mol. The van der Waals surface area contributed by atoms with E-state index in [9.17, 15) is 14.2 Å². The number of hydrogen-bond acceptors (Lipinski definition) is 7. The van der Waals surface area contributed by atoms with Crippen LogP contribution in [0.4, 0.5) is 0 Å². The second kappa shape index (κ2) is 16.1. The van der Waals surface area contributed by atoms with Gasteiger partial charge in [0.25, 0.3) is 0 Å². The van der Waals surface area contributed by atoms with Gasteiger partial charge in [0, 0.05) is 19.5 Å². The fourth-order valence-electron chi connectivity index (χ4n) is 3.69. The standard InChI is InChI=1S/C28H40NO7P/c1-5-7-8-9-20-34-28(31)26(29-27(30)19-14-22-10-15-24(33-3)16-11-22)21-23-12-17-25(18-13-23)36-37(4,32)35-6-2/h10-13,15-18,26H,5-9,14,19-21H2,1-4H3,(H,29,30). The van der Waals surface area contributed by atoms with Crippen molar-refractivity contribution in [2.24, 2.45) is 0 Å². The van der Waals surface area contributed by atoms with Crippen LogP contribution in [0.3, 0.4) is 0 Å². The summed E-state index contributed by atoms with van der Waals surface area (Å²) < 4.78 is 33.5. The number of aryl methyl sites for hydroxylation is 1. The summed E-state index contributed by atoms with van der Waals surface area (Å²) in [5, 5.41) is 2.85. The summed E-state index contributed by atoms with van der Waals surface area (Å²) in [7, 11) is -1.58. The Kier molecular flexibility index (Phi) is 13.2. The summed E-state index contributed by atoms with van der Waals surface area (Å²) in [4.78, 5) is 25.6. The Hall–Kier alpha value is -2.83. The van der Waals surface area contributed by atoms with Gasteiger partial charge in [0.2, 0.25) is 5.91 Å². The second-order valence-corrected chi connectivity index (χ2v) is 10.8. The number of nitrogens with one attached hydrogen (secondary N) is 1. The number of esters is 1. The van der Waals surface area contributed by atoms with Crippen molar-refractivity contribution in [3.8, 4) is 11.5 Å². The molecule has 1 amide bonds. The second-order valence-electron chi connectivity index (χ2n) is 8.82. The minimum Gasteiger partial charge on any atom is -0.497 e. The average molecular weight is 534 g/mol. The minimum absolute atomic E-state index is 0.229. The number of benzene rings is 2. The Labute approximate surface area is 220 Å². The van der Waals surface area contributed by atoms with Crippen molar-refractivity contribution in [2.45, 2.75) is 64.8 Å². The van der Waals surface area contributed by atoms with Gasteiger partial charge in [0.15, 0.2) is 0 Å². The molecule has 0 spiro atoms. The van der Waals surface area contributed by atoms with Crippen LogP contribution >= 0.6 is 7.60 Å². The zero-order valence-electron chi connectivity index (χ0n) is 22.4. The highest BCUT2D eigenvalue weighted by molar-refractivity contribution is 7.53. The topological polar surface area (TPSA) is 100 Å². The Morgan fingerprint density at radius 2 is 1.57 bits per heavy atom. The van der Waals surface area contributed by atoms with Crippen LogP contribution in [0, 0.1) is 0 Å². The van der Waals surface area contributed by atoms with Crippen LogP contribution < -0.4 is 14.6 Å². The average Bonchev–Trinajstić information content (AvgIpc) is 2.88. The molecule has 0 aliphatic rings. The van der Waals surface area contributed by atoms with Crippen LogP contribution in [-0.2, 0) is 36.3 Å². The fourth-order valence-corrected chi connectivity index (χ4v) is 4.71. The van der Waals surface area contributed by atoms with Crippen molar-refractivity contribution in [3.05, 3.63) is 59.7 Å². The number of methoxy groups -OCH3 is 1. The van der Waals surface area contributed by atoms with Crippen molar-refractivity contribution in [2.75, 3.05) is 27.0 Å². The maximum Gasteiger partial charge on any atom is 0.376 e. The first kappa shape index (κ1) is 30.4. The smallest absolute Gasteiger partial charge is 0.376 e. The molecule has 37 heavy (non-hydrogen) atoms. The van der Waals surface area contributed by atoms with Crippen LogP contribution in [-0.4, -0.2) is 44.9 Å². The number of hydrogen-bond donors (Lipinski definition) is 1. The first-order valence-electron chi connectivity index (χ1n) is 12.9. The van der Waals surface area contributed by atoms with Gasteiger partial charge in [-0.1, -0.05) is 50.5 Å². The molecular formula is C28H40NO7P. The molecule has 0 aliphatic carbocycles. The van der Waals surface area contributed by atoms with Gasteiger partial charge in [-0.2, -0.15) is 0 Å². The molecule has 9 heteroatoms. The molecule has 2 unspecified atom stereocenters. The van der Waals surface area contributed by atoms with Gasteiger partial charge in [0.05, 0.1) is 20.3 Å². The van der Waals surface area contributed by atoms with Crippen molar-refractivity contribution >= 4 is 19.5 Å². The molecule has 0 aliphatic heterocycles. The Morgan fingerprint density at radius 1 is 0.919 bits per heavy atom. The van der Waals surface area contributed by atoms with Crippen LogP contribution in [0.5, 0.6) is 11.5 Å². The Morgan fingerprint density at radius 3 is 2.19 bits per heavy atom. The number of rotatable bonds is 17. The third kappa shape index (κ3) is 11.8. The highest BCUT2D eigenvalue weighted by Crippen LogP contribution is 2.44. The lowest BCUT2D eigenvalue weighted by molar-refractivity contribution is -0.148. The molecule has 1 N–H and O–H groups in total. The largest absolute Gasteiger partial charge is 0.497 e. The molecule has 0 aromatic heterocycles. The van der Waals surface area contributed by atoms with E-state index in [1.54, 1.807) is 38.3 Å². The minimum atomic E-state index is -3.19. The first-order chi connectivity index (χ1) is 17.8. The van der Waals surface area contributed by atoms with Crippen molar-refractivity contribution in [3.63, 3.8) is 0 Å². The van der Waals surface area contributed by atoms with Crippen LogP contribution in [0.1, 0.15) is 57.1 Å². The molecule has 0 bridgehead atoms. The van der Waals surface area contributed by atoms with Gasteiger partial charge in [0.1, 0.15) is 17.5 Å². The Bertz CT molecular complexity index is 1010. The third-order valence-corrected chi connectivity index (χ3v) is 6.93. The summed E-state index contributed by atoms with van der Waals surface area (Å²) in [5.41, 5.74) is 1.81. The zero-order valence-corrected chi connectivity index (χ0v) is 23.3. The summed E-state index contributed by atoms with van der Waals surface area (Å²) in [6.45, 7) is 5.89. The van der Waals surface area contributed by atoms with Crippen molar-refractivity contribution < 1.29 is 32.7 Å². The monoisotopic (exact) mass is 533 g/mol. The van der Waals surface area contributed by atoms with E-state index in [1.165, 1.54) is 6.66 Å². The van der Waals surface area contributed by atoms with Gasteiger partial charge in [-0.25, -0.2) is 9.36 Å². The number of amides is 1. The summed E-state index contributed by atoms with van der Waals surface area (Å²) >= 11 is 0. The van der Waals surface area contributed by atoms with Gasteiger partial charge < -0.3 is 23.8 Å². The fraction of sp³-hybridized carbons (Fsp3) is 0.500. The summed E-state index contributed by atoms with van der Waals surface area (Å²) in [6.07, 6.45) is 5.01. The number of ether oxygens (including phenoxy) is 2. The lowest BCUT2D eigenvalue weighted by Gasteiger charge is -2.19. The molecule has 2 aromatic carbocycles. The molecule has 0 heterocycles. The molecule has 204 valence electrons. The number of carbonyl (C=O) groups is 2. The summed E-state index contributed by atoms with van der Waals surface area (Å²) in [5.74, 6) is 0.476. The van der Waals surface area contributed by atoms with Gasteiger partial charge in [-0.3, -0.25) is 4.79 Å². The molecule has 2 atom stereocenters. The molecule has 0 fully saturated rings. The van der Waals surface area contributed by atoms with Gasteiger partial charge in [-0.15, -0.1) is 0 Å². The van der Waals surface area contributed by atoms with E-state index in [-0.39, 0.29) is 25.4 Å². The first-order valence-corrected chi connectivity index (χ1v) is 14.8. The molecule has 0 saturated carbocycles.